The lowest BCUT2D eigenvalue weighted by Crippen LogP contribution is -2.09. The molecular formula is C44H29NS. The van der Waals surface area contributed by atoms with E-state index in [1.54, 1.807) is 0 Å². The van der Waals surface area contributed by atoms with Crippen LogP contribution < -0.4 is 4.90 Å². The molecule has 9 aromatic rings. The highest BCUT2D eigenvalue weighted by atomic mass is 32.1. The van der Waals surface area contributed by atoms with Gasteiger partial charge in [-0.15, -0.1) is 11.3 Å². The Morgan fingerprint density at radius 3 is 1.80 bits per heavy atom. The maximum absolute atomic E-state index is 2.39. The van der Waals surface area contributed by atoms with Crippen LogP contribution in [-0.4, -0.2) is 0 Å². The highest BCUT2D eigenvalue weighted by Crippen LogP contribution is 2.46. The second-order valence-corrected chi connectivity index (χ2v) is 12.8. The predicted molar refractivity (Wildman–Crippen MR) is 200 cm³/mol. The zero-order valence-corrected chi connectivity index (χ0v) is 25.9. The number of thiophene rings is 1. The molecule has 0 amide bonds. The molecule has 0 aliphatic heterocycles. The number of rotatable bonds is 5. The fourth-order valence-corrected chi connectivity index (χ4v) is 8.04. The van der Waals surface area contributed by atoms with Crippen molar-refractivity contribution in [2.24, 2.45) is 0 Å². The van der Waals surface area contributed by atoms with E-state index in [9.17, 15) is 0 Å². The molecule has 216 valence electrons. The van der Waals surface area contributed by atoms with Crippen molar-refractivity contribution in [3.05, 3.63) is 176 Å². The first kappa shape index (κ1) is 26.7. The fraction of sp³-hybridized carbons (Fsp3) is 0. The van der Waals surface area contributed by atoms with Gasteiger partial charge in [-0.25, -0.2) is 0 Å². The number of para-hydroxylation sites is 1. The SMILES string of the molecule is c1ccc(-c2ccc3cc(N(c4ccccc4)c4ccc5sc6c7ccccc7cc(-c7ccccc7)c6c5c4)ccc3c2)cc1. The summed E-state index contributed by atoms with van der Waals surface area (Å²) in [7, 11) is 0. The molecule has 0 spiro atoms. The number of hydrogen-bond acceptors (Lipinski definition) is 2. The summed E-state index contributed by atoms with van der Waals surface area (Å²) in [5.74, 6) is 0. The van der Waals surface area contributed by atoms with E-state index in [-0.39, 0.29) is 0 Å². The fourth-order valence-electron chi connectivity index (χ4n) is 6.79. The molecule has 0 radical (unpaired) electrons. The number of fused-ring (bicyclic) bond motifs is 6. The Kier molecular flexibility index (Phi) is 6.40. The van der Waals surface area contributed by atoms with Crippen molar-refractivity contribution >= 4 is 70.1 Å². The van der Waals surface area contributed by atoms with Crippen LogP contribution in [0.5, 0.6) is 0 Å². The molecule has 0 saturated heterocycles. The highest BCUT2D eigenvalue weighted by Gasteiger charge is 2.18. The van der Waals surface area contributed by atoms with Gasteiger partial charge >= 0.3 is 0 Å². The average molecular weight is 604 g/mol. The first-order valence-corrected chi connectivity index (χ1v) is 16.5. The van der Waals surface area contributed by atoms with E-state index in [2.05, 4.69) is 181 Å². The van der Waals surface area contributed by atoms with E-state index in [0.717, 1.165) is 17.1 Å². The lowest BCUT2D eigenvalue weighted by atomic mass is 9.95. The highest BCUT2D eigenvalue weighted by molar-refractivity contribution is 7.26. The van der Waals surface area contributed by atoms with E-state index in [0.29, 0.717) is 0 Å². The van der Waals surface area contributed by atoms with Gasteiger partial charge in [0.2, 0.25) is 0 Å². The molecule has 1 heterocycles. The quantitative estimate of drug-likeness (QED) is 0.189. The summed E-state index contributed by atoms with van der Waals surface area (Å²) >= 11 is 1.89. The van der Waals surface area contributed by atoms with Gasteiger partial charge < -0.3 is 4.90 Å². The normalized spacial score (nSPS) is 11.5. The summed E-state index contributed by atoms with van der Waals surface area (Å²) in [6.07, 6.45) is 0. The van der Waals surface area contributed by atoms with Gasteiger partial charge in [-0.2, -0.15) is 0 Å². The number of anilines is 3. The third kappa shape index (κ3) is 4.54. The summed E-state index contributed by atoms with van der Waals surface area (Å²) in [5.41, 5.74) is 8.41. The van der Waals surface area contributed by atoms with E-state index in [1.165, 1.54) is 64.0 Å². The monoisotopic (exact) mass is 603 g/mol. The second-order valence-electron chi connectivity index (χ2n) is 11.8. The Balaban J connectivity index is 1.25. The zero-order chi connectivity index (χ0) is 30.5. The molecule has 0 aliphatic rings. The van der Waals surface area contributed by atoms with Crippen molar-refractivity contribution in [3.63, 3.8) is 0 Å². The van der Waals surface area contributed by atoms with Crippen molar-refractivity contribution in [2.45, 2.75) is 0 Å². The van der Waals surface area contributed by atoms with Crippen LogP contribution in [0.25, 0.3) is 64.0 Å². The molecule has 0 N–H and O–H groups in total. The Morgan fingerprint density at radius 2 is 1.00 bits per heavy atom. The van der Waals surface area contributed by atoms with Crippen molar-refractivity contribution < 1.29 is 0 Å². The zero-order valence-electron chi connectivity index (χ0n) is 25.1. The summed E-state index contributed by atoms with van der Waals surface area (Å²) < 4.78 is 2.64. The summed E-state index contributed by atoms with van der Waals surface area (Å²) in [6.45, 7) is 0. The van der Waals surface area contributed by atoms with Crippen LogP contribution in [0.1, 0.15) is 0 Å². The van der Waals surface area contributed by atoms with Gasteiger partial charge in [-0.3, -0.25) is 0 Å². The van der Waals surface area contributed by atoms with E-state index in [4.69, 9.17) is 0 Å². The van der Waals surface area contributed by atoms with Crippen LogP contribution in [0.15, 0.2) is 176 Å². The van der Waals surface area contributed by atoms with Crippen molar-refractivity contribution in [3.8, 4) is 22.3 Å². The van der Waals surface area contributed by atoms with Crippen molar-refractivity contribution in [1.82, 2.24) is 0 Å². The molecule has 8 aromatic carbocycles. The molecule has 0 bridgehead atoms. The molecule has 2 heteroatoms. The van der Waals surface area contributed by atoms with Gasteiger partial charge in [0.1, 0.15) is 0 Å². The van der Waals surface area contributed by atoms with Crippen LogP contribution in [0.4, 0.5) is 17.1 Å². The largest absolute Gasteiger partial charge is 0.310 e. The molecule has 1 aromatic heterocycles. The standard InChI is InChI=1S/C44H29NS/c1-4-12-30(13-5-1)32-20-21-34-27-37(23-22-33(34)26-32)45(36-17-8-3-9-18-36)38-24-25-42-41(29-38)43-40(31-14-6-2-7-15-31)28-35-16-10-11-19-39(35)44(43)46-42/h1-29H. The maximum atomic E-state index is 2.39. The van der Waals surface area contributed by atoms with E-state index in [1.807, 2.05) is 11.3 Å². The molecule has 9 rings (SSSR count). The van der Waals surface area contributed by atoms with Crippen LogP contribution in [0.3, 0.4) is 0 Å². The number of nitrogens with zero attached hydrogens (tertiary/aromatic N) is 1. The summed E-state index contributed by atoms with van der Waals surface area (Å²) in [6, 6.07) is 63.8. The van der Waals surface area contributed by atoms with Gasteiger partial charge in [-0.05, 0) is 98.4 Å². The first-order valence-electron chi connectivity index (χ1n) is 15.7. The molecule has 0 fully saturated rings. The van der Waals surface area contributed by atoms with Crippen LogP contribution in [0.2, 0.25) is 0 Å². The predicted octanol–water partition coefficient (Wildman–Crippen LogP) is 13.2. The maximum Gasteiger partial charge on any atom is 0.0468 e. The smallest absolute Gasteiger partial charge is 0.0468 e. The van der Waals surface area contributed by atoms with Gasteiger partial charge in [0.15, 0.2) is 0 Å². The number of benzene rings is 8. The van der Waals surface area contributed by atoms with Gasteiger partial charge in [0, 0.05) is 37.2 Å². The third-order valence-electron chi connectivity index (χ3n) is 8.99. The van der Waals surface area contributed by atoms with Gasteiger partial charge in [-0.1, -0.05) is 121 Å². The minimum Gasteiger partial charge on any atom is -0.310 e. The average Bonchev–Trinajstić information content (AvgIpc) is 3.52. The molecule has 0 saturated carbocycles. The summed E-state index contributed by atoms with van der Waals surface area (Å²) in [5, 5.41) is 7.65. The van der Waals surface area contributed by atoms with Crippen molar-refractivity contribution in [1.29, 1.82) is 0 Å². The molecule has 1 nitrogen and oxygen atoms in total. The second kappa shape index (κ2) is 11.0. The minimum absolute atomic E-state index is 1.13. The Morgan fingerprint density at radius 1 is 0.370 bits per heavy atom. The Labute approximate surface area is 272 Å². The molecule has 46 heavy (non-hydrogen) atoms. The molecular weight excluding hydrogens is 575 g/mol. The third-order valence-corrected chi connectivity index (χ3v) is 10.2. The van der Waals surface area contributed by atoms with Crippen LogP contribution in [0, 0.1) is 0 Å². The molecule has 0 unspecified atom stereocenters. The molecule has 0 atom stereocenters. The lowest BCUT2D eigenvalue weighted by Gasteiger charge is -2.26. The van der Waals surface area contributed by atoms with E-state index < -0.39 is 0 Å². The molecule has 0 aliphatic carbocycles. The van der Waals surface area contributed by atoms with E-state index >= 15 is 0 Å². The van der Waals surface area contributed by atoms with Crippen molar-refractivity contribution in [2.75, 3.05) is 4.90 Å². The minimum atomic E-state index is 1.13. The number of hydrogen-bond donors (Lipinski definition) is 0. The Bertz CT molecular complexity index is 2510. The Hall–Kier alpha value is -5.70. The van der Waals surface area contributed by atoms with Gasteiger partial charge in [0.05, 0.1) is 0 Å². The topological polar surface area (TPSA) is 3.24 Å². The van der Waals surface area contributed by atoms with Crippen LogP contribution >= 0.6 is 11.3 Å². The lowest BCUT2D eigenvalue weighted by molar-refractivity contribution is 1.30. The van der Waals surface area contributed by atoms with Gasteiger partial charge in [0.25, 0.3) is 0 Å². The first-order chi connectivity index (χ1) is 22.8. The van der Waals surface area contributed by atoms with Crippen LogP contribution in [-0.2, 0) is 0 Å². The summed E-state index contributed by atoms with van der Waals surface area (Å²) in [4.78, 5) is 2.39.